The molecule has 2 nitrogen and oxygen atoms in total. The number of ether oxygens (including phenoxy) is 1. The Bertz CT molecular complexity index is 207. The zero-order chi connectivity index (χ0) is 11.1. The lowest BCUT2D eigenvalue weighted by molar-refractivity contribution is 0.0583. The molecule has 15 heavy (non-hydrogen) atoms. The summed E-state index contributed by atoms with van der Waals surface area (Å²) in [5.74, 6) is 1.14. The van der Waals surface area contributed by atoms with Crippen LogP contribution in [0.3, 0.4) is 0 Å². The van der Waals surface area contributed by atoms with Gasteiger partial charge in [0.05, 0.1) is 19.0 Å². The van der Waals surface area contributed by atoms with E-state index in [2.05, 4.69) is 6.08 Å². The first kappa shape index (κ1) is 12.6. The number of hydrogen-bond acceptors (Lipinski definition) is 2. The highest BCUT2D eigenvalue weighted by Gasteiger charge is 2.18. The Kier molecular flexibility index (Phi) is 5.16. The molecule has 0 aromatic heterocycles. The van der Waals surface area contributed by atoms with Crippen LogP contribution in [0.1, 0.15) is 52.4 Å². The summed E-state index contributed by atoms with van der Waals surface area (Å²) in [7, 11) is 0. The predicted octanol–water partition coefficient (Wildman–Crippen LogP) is 3.26. The van der Waals surface area contributed by atoms with E-state index in [0.717, 1.165) is 18.6 Å². The average molecular weight is 212 g/mol. The molecule has 88 valence electrons. The van der Waals surface area contributed by atoms with Crippen molar-refractivity contribution in [2.75, 3.05) is 13.2 Å². The molecule has 0 atom stereocenters. The molecule has 1 N–H and O–H groups in total. The number of hydrogen-bond donors (Lipinski definition) is 1. The van der Waals surface area contributed by atoms with Gasteiger partial charge in [-0.15, -0.1) is 0 Å². The second-order valence-corrected chi connectivity index (χ2v) is 5.23. The fourth-order valence-electron chi connectivity index (χ4n) is 1.63. The third-order valence-electron chi connectivity index (χ3n) is 2.83. The van der Waals surface area contributed by atoms with Crippen molar-refractivity contribution in [1.82, 2.24) is 0 Å². The molecular weight excluding hydrogens is 188 g/mol. The van der Waals surface area contributed by atoms with E-state index in [1.165, 1.54) is 25.7 Å². The van der Waals surface area contributed by atoms with E-state index in [0.29, 0.717) is 6.61 Å². The van der Waals surface area contributed by atoms with E-state index >= 15 is 0 Å². The quantitative estimate of drug-likeness (QED) is 0.775. The van der Waals surface area contributed by atoms with Gasteiger partial charge in [0.15, 0.2) is 0 Å². The third kappa shape index (κ3) is 5.22. The van der Waals surface area contributed by atoms with Crippen LogP contribution in [0.4, 0.5) is 0 Å². The molecule has 1 rings (SSSR count). The monoisotopic (exact) mass is 212 g/mol. The Morgan fingerprint density at radius 3 is 2.73 bits per heavy atom. The number of aliphatic hydroxyl groups excluding tert-OH is 1. The Labute approximate surface area is 93.3 Å². The van der Waals surface area contributed by atoms with Crippen LogP contribution in [0.25, 0.3) is 0 Å². The average Bonchev–Trinajstić information content (AvgIpc) is 2.16. The summed E-state index contributed by atoms with van der Waals surface area (Å²) in [6.07, 6.45) is 9.65. The Balaban J connectivity index is 2.35. The lowest BCUT2D eigenvalue weighted by Crippen LogP contribution is -2.23. The second kappa shape index (κ2) is 6.16. The molecule has 0 aromatic carbocycles. The van der Waals surface area contributed by atoms with Crippen LogP contribution in [0.5, 0.6) is 0 Å². The molecule has 0 spiro atoms. The highest BCUT2D eigenvalue weighted by atomic mass is 16.5. The minimum absolute atomic E-state index is 0.122. The zero-order valence-corrected chi connectivity index (χ0v) is 10.1. The van der Waals surface area contributed by atoms with Crippen LogP contribution in [-0.4, -0.2) is 18.3 Å². The minimum Gasteiger partial charge on any atom is -0.498 e. The maximum Gasteiger partial charge on any atom is 0.0950 e. The van der Waals surface area contributed by atoms with Crippen LogP contribution in [-0.2, 0) is 4.74 Å². The van der Waals surface area contributed by atoms with Crippen molar-refractivity contribution < 1.29 is 9.84 Å². The lowest BCUT2D eigenvalue weighted by Gasteiger charge is -2.23. The van der Waals surface area contributed by atoms with Crippen LogP contribution < -0.4 is 0 Å². The molecule has 0 unspecified atom stereocenters. The van der Waals surface area contributed by atoms with Gasteiger partial charge in [0.2, 0.25) is 0 Å². The Morgan fingerprint density at radius 2 is 2.00 bits per heavy atom. The van der Waals surface area contributed by atoms with Crippen molar-refractivity contribution in [2.45, 2.75) is 52.4 Å². The second-order valence-electron chi connectivity index (χ2n) is 5.23. The molecule has 0 fully saturated rings. The molecule has 0 saturated carbocycles. The number of aliphatic hydroxyl groups is 1. The molecule has 0 bridgehead atoms. The highest BCUT2D eigenvalue weighted by Crippen LogP contribution is 2.21. The molecule has 1 aliphatic carbocycles. The summed E-state index contributed by atoms with van der Waals surface area (Å²) in [6.45, 7) is 4.85. The lowest BCUT2D eigenvalue weighted by atomic mass is 9.96. The van der Waals surface area contributed by atoms with Crippen LogP contribution in [0.2, 0.25) is 0 Å². The van der Waals surface area contributed by atoms with Gasteiger partial charge in [-0.25, -0.2) is 0 Å². The normalized spacial score (nSPS) is 19.0. The van der Waals surface area contributed by atoms with Crippen molar-refractivity contribution in [3.63, 3.8) is 0 Å². The summed E-state index contributed by atoms with van der Waals surface area (Å²) in [6, 6.07) is 0. The first-order valence-corrected chi connectivity index (χ1v) is 6.07. The summed E-state index contributed by atoms with van der Waals surface area (Å²) < 4.78 is 5.78. The van der Waals surface area contributed by atoms with Gasteiger partial charge >= 0.3 is 0 Å². The molecule has 0 saturated heterocycles. The topological polar surface area (TPSA) is 29.5 Å². The van der Waals surface area contributed by atoms with Crippen molar-refractivity contribution in [1.29, 1.82) is 0 Å². The smallest absolute Gasteiger partial charge is 0.0950 e. The van der Waals surface area contributed by atoms with Gasteiger partial charge in [0.25, 0.3) is 0 Å². The standard InChI is InChI=1S/C13H24O2/c1-13(2,10-14)11-15-12-8-6-4-3-5-7-9-12/h8,14H,3-7,9-11H2,1-2H3. The van der Waals surface area contributed by atoms with Gasteiger partial charge in [-0.1, -0.05) is 26.7 Å². The summed E-state index contributed by atoms with van der Waals surface area (Å²) in [4.78, 5) is 0. The number of rotatable bonds is 4. The van der Waals surface area contributed by atoms with Crippen molar-refractivity contribution in [3.8, 4) is 0 Å². The van der Waals surface area contributed by atoms with Crippen LogP contribution >= 0.6 is 0 Å². The Morgan fingerprint density at radius 1 is 1.27 bits per heavy atom. The van der Waals surface area contributed by atoms with E-state index in [1.54, 1.807) is 0 Å². The van der Waals surface area contributed by atoms with E-state index in [9.17, 15) is 0 Å². The molecule has 0 aliphatic heterocycles. The zero-order valence-electron chi connectivity index (χ0n) is 10.1. The van der Waals surface area contributed by atoms with Gasteiger partial charge < -0.3 is 9.84 Å². The molecule has 0 heterocycles. The van der Waals surface area contributed by atoms with Gasteiger partial charge in [0.1, 0.15) is 0 Å². The fraction of sp³-hybridized carbons (Fsp3) is 0.846. The van der Waals surface area contributed by atoms with Crippen LogP contribution in [0, 0.1) is 5.41 Å². The molecule has 0 aromatic rings. The predicted molar refractivity (Wildman–Crippen MR) is 62.6 cm³/mol. The summed E-state index contributed by atoms with van der Waals surface area (Å²) >= 11 is 0. The fourth-order valence-corrected chi connectivity index (χ4v) is 1.63. The van der Waals surface area contributed by atoms with Gasteiger partial charge in [-0.2, -0.15) is 0 Å². The summed E-state index contributed by atoms with van der Waals surface area (Å²) in [5, 5.41) is 9.12. The summed E-state index contributed by atoms with van der Waals surface area (Å²) in [5.41, 5.74) is -0.122. The number of allylic oxidation sites excluding steroid dienone is 2. The largest absolute Gasteiger partial charge is 0.498 e. The van der Waals surface area contributed by atoms with E-state index in [1.807, 2.05) is 13.8 Å². The third-order valence-corrected chi connectivity index (χ3v) is 2.83. The molecule has 2 heteroatoms. The first-order valence-electron chi connectivity index (χ1n) is 6.07. The highest BCUT2D eigenvalue weighted by molar-refractivity contribution is 4.94. The maximum atomic E-state index is 9.12. The minimum atomic E-state index is -0.122. The molecule has 0 amide bonds. The molecular formula is C13H24O2. The van der Waals surface area contributed by atoms with Crippen molar-refractivity contribution in [3.05, 3.63) is 11.8 Å². The van der Waals surface area contributed by atoms with Crippen molar-refractivity contribution in [2.24, 2.45) is 5.41 Å². The van der Waals surface area contributed by atoms with Gasteiger partial charge in [-0.05, 0) is 25.3 Å². The van der Waals surface area contributed by atoms with Gasteiger partial charge in [-0.3, -0.25) is 0 Å². The van der Waals surface area contributed by atoms with Gasteiger partial charge in [0, 0.05) is 11.8 Å². The Hall–Kier alpha value is -0.500. The van der Waals surface area contributed by atoms with E-state index < -0.39 is 0 Å². The maximum absolute atomic E-state index is 9.12. The van der Waals surface area contributed by atoms with E-state index in [4.69, 9.17) is 9.84 Å². The van der Waals surface area contributed by atoms with Crippen LogP contribution in [0.15, 0.2) is 11.8 Å². The SMILES string of the molecule is CC(C)(CO)COC1=CCCCCCC1. The van der Waals surface area contributed by atoms with Crippen molar-refractivity contribution >= 4 is 0 Å². The first-order chi connectivity index (χ1) is 7.14. The van der Waals surface area contributed by atoms with E-state index in [-0.39, 0.29) is 12.0 Å². The molecule has 1 aliphatic rings. The molecule has 0 radical (unpaired) electrons.